The van der Waals surface area contributed by atoms with Crippen LogP contribution < -0.4 is 10.5 Å². The number of benzene rings is 2. The Kier molecular flexibility index (Phi) is 2.90. The lowest BCUT2D eigenvalue weighted by atomic mass is 10.1. The molecule has 23 heavy (non-hydrogen) atoms. The molecule has 4 aromatic rings. The SMILES string of the molecule is COc1ccc(-c2nnc3c(C)nc4ccccc4n23)cc1N. The van der Waals surface area contributed by atoms with E-state index in [9.17, 15) is 0 Å². The smallest absolute Gasteiger partial charge is 0.183 e. The van der Waals surface area contributed by atoms with Gasteiger partial charge in [0, 0.05) is 5.56 Å². The molecule has 2 N–H and O–H groups in total. The Hall–Kier alpha value is -3.15. The van der Waals surface area contributed by atoms with Crippen molar-refractivity contribution in [3.8, 4) is 17.1 Å². The number of aromatic nitrogens is 4. The summed E-state index contributed by atoms with van der Waals surface area (Å²) < 4.78 is 7.23. The van der Waals surface area contributed by atoms with E-state index in [1.165, 1.54) is 0 Å². The third kappa shape index (κ3) is 1.99. The lowest BCUT2D eigenvalue weighted by Gasteiger charge is -2.08. The van der Waals surface area contributed by atoms with Crippen molar-refractivity contribution in [1.29, 1.82) is 0 Å². The van der Waals surface area contributed by atoms with Crippen LogP contribution in [0.3, 0.4) is 0 Å². The Morgan fingerprint density at radius 2 is 1.91 bits per heavy atom. The van der Waals surface area contributed by atoms with E-state index in [1.807, 2.05) is 53.8 Å². The number of aryl methyl sites for hydroxylation is 1. The van der Waals surface area contributed by atoms with E-state index >= 15 is 0 Å². The Labute approximate surface area is 132 Å². The van der Waals surface area contributed by atoms with Crippen molar-refractivity contribution >= 4 is 22.4 Å². The molecule has 0 saturated heterocycles. The summed E-state index contributed by atoms with van der Waals surface area (Å²) in [5.74, 6) is 1.38. The van der Waals surface area contributed by atoms with E-state index in [1.54, 1.807) is 7.11 Å². The number of para-hydroxylation sites is 2. The number of nitrogen functional groups attached to an aromatic ring is 1. The molecule has 2 heterocycles. The molecule has 114 valence electrons. The van der Waals surface area contributed by atoms with Gasteiger partial charge in [-0.2, -0.15) is 0 Å². The van der Waals surface area contributed by atoms with Crippen LogP contribution in [0.4, 0.5) is 5.69 Å². The third-order valence-corrected chi connectivity index (χ3v) is 3.89. The minimum Gasteiger partial charge on any atom is -0.495 e. The molecular formula is C17H15N5O. The highest BCUT2D eigenvalue weighted by atomic mass is 16.5. The molecule has 0 unspecified atom stereocenters. The summed E-state index contributed by atoms with van der Waals surface area (Å²) in [6.07, 6.45) is 0. The highest BCUT2D eigenvalue weighted by Gasteiger charge is 2.15. The number of hydrogen-bond acceptors (Lipinski definition) is 5. The summed E-state index contributed by atoms with van der Waals surface area (Å²) in [6.45, 7) is 1.93. The van der Waals surface area contributed by atoms with E-state index in [2.05, 4.69) is 15.2 Å². The summed E-state index contributed by atoms with van der Waals surface area (Å²) in [7, 11) is 1.60. The molecule has 0 aliphatic carbocycles. The van der Waals surface area contributed by atoms with Crippen LogP contribution in [-0.2, 0) is 0 Å². The molecule has 0 atom stereocenters. The normalized spacial score (nSPS) is 11.2. The molecule has 0 radical (unpaired) electrons. The van der Waals surface area contributed by atoms with Crippen LogP contribution in [0.25, 0.3) is 28.1 Å². The largest absolute Gasteiger partial charge is 0.495 e. The number of fused-ring (bicyclic) bond motifs is 3. The van der Waals surface area contributed by atoms with Crippen molar-refractivity contribution in [3.05, 3.63) is 48.2 Å². The van der Waals surface area contributed by atoms with Gasteiger partial charge in [-0.25, -0.2) is 4.98 Å². The maximum absolute atomic E-state index is 6.03. The maximum Gasteiger partial charge on any atom is 0.183 e. The molecule has 6 heteroatoms. The molecule has 2 aromatic carbocycles. The van der Waals surface area contributed by atoms with Crippen molar-refractivity contribution in [1.82, 2.24) is 19.6 Å². The molecule has 0 aliphatic rings. The second kappa shape index (κ2) is 4.95. The third-order valence-electron chi connectivity index (χ3n) is 3.89. The average molecular weight is 305 g/mol. The first-order valence-corrected chi connectivity index (χ1v) is 7.23. The van der Waals surface area contributed by atoms with Crippen molar-refractivity contribution in [3.63, 3.8) is 0 Å². The Morgan fingerprint density at radius 1 is 1.09 bits per heavy atom. The average Bonchev–Trinajstić information content (AvgIpc) is 3.01. The predicted octanol–water partition coefficient (Wildman–Crippen LogP) is 2.84. The first-order valence-electron chi connectivity index (χ1n) is 7.23. The van der Waals surface area contributed by atoms with E-state index < -0.39 is 0 Å². The maximum atomic E-state index is 6.03. The lowest BCUT2D eigenvalue weighted by molar-refractivity contribution is 0.417. The van der Waals surface area contributed by atoms with Crippen molar-refractivity contribution in [2.75, 3.05) is 12.8 Å². The van der Waals surface area contributed by atoms with Gasteiger partial charge in [0.25, 0.3) is 0 Å². The van der Waals surface area contributed by atoms with E-state index in [-0.39, 0.29) is 0 Å². The fraction of sp³-hybridized carbons (Fsp3) is 0.118. The molecule has 0 fully saturated rings. The molecule has 0 saturated carbocycles. The molecule has 0 bridgehead atoms. The van der Waals surface area contributed by atoms with Gasteiger partial charge < -0.3 is 10.5 Å². The van der Waals surface area contributed by atoms with Crippen LogP contribution in [0.2, 0.25) is 0 Å². The van der Waals surface area contributed by atoms with Gasteiger partial charge in [-0.3, -0.25) is 4.40 Å². The topological polar surface area (TPSA) is 78.3 Å². The van der Waals surface area contributed by atoms with E-state index in [0.29, 0.717) is 11.4 Å². The zero-order valence-electron chi connectivity index (χ0n) is 12.8. The molecule has 0 aliphatic heterocycles. The fourth-order valence-electron chi connectivity index (χ4n) is 2.79. The quantitative estimate of drug-likeness (QED) is 0.576. The van der Waals surface area contributed by atoms with Gasteiger partial charge in [0.1, 0.15) is 5.75 Å². The highest BCUT2D eigenvalue weighted by Crippen LogP contribution is 2.29. The molecule has 2 aromatic heterocycles. The van der Waals surface area contributed by atoms with Crippen LogP contribution in [0, 0.1) is 6.92 Å². The standard InChI is InChI=1S/C17H15N5O/c1-10-16-20-21-17(11-7-8-15(23-2)12(18)9-11)22(16)14-6-4-3-5-13(14)19-10/h3-9H,18H2,1-2H3. The van der Waals surface area contributed by atoms with Crippen molar-refractivity contribution in [2.45, 2.75) is 6.92 Å². The molecule has 0 amide bonds. The number of ether oxygens (including phenoxy) is 1. The zero-order valence-corrected chi connectivity index (χ0v) is 12.8. The lowest BCUT2D eigenvalue weighted by Crippen LogP contribution is -1.98. The predicted molar refractivity (Wildman–Crippen MR) is 89.4 cm³/mol. The number of nitrogens with zero attached hydrogens (tertiary/aromatic N) is 4. The summed E-state index contributed by atoms with van der Waals surface area (Å²) in [4.78, 5) is 4.59. The molecule has 0 spiro atoms. The molecule has 4 rings (SSSR count). The van der Waals surface area contributed by atoms with Crippen LogP contribution in [0.15, 0.2) is 42.5 Å². The second-order valence-corrected chi connectivity index (χ2v) is 5.33. The monoisotopic (exact) mass is 305 g/mol. The van der Waals surface area contributed by atoms with Crippen LogP contribution in [-0.4, -0.2) is 26.7 Å². The minimum atomic E-state index is 0.567. The molecular weight excluding hydrogens is 290 g/mol. The number of hydrogen-bond donors (Lipinski definition) is 1. The first kappa shape index (κ1) is 13.5. The number of methoxy groups -OCH3 is 1. The molecule has 6 nitrogen and oxygen atoms in total. The number of rotatable bonds is 2. The van der Waals surface area contributed by atoms with Gasteiger partial charge in [0.2, 0.25) is 0 Å². The van der Waals surface area contributed by atoms with Gasteiger partial charge in [0.05, 0.1) is 29.5 Å². The summed E-state index contributed by atoms with van der Waals surface area (Å²) in [5, 5.41) is 8.65. The van der Waals surface area contributed by atoms with Crippen molar-refractivity contribution in [2.24, 2.45) is 0 Å². The van der Waals surface area contributed by atoms with Gasteiger partial charge in [-0.15, -0.1) is 10.2 Å². The van der Waals surface area contributed by atoms with Gasteiger partial charge in [-0.1, -0.05) is 12.1 Å². The first-order chi connectivity index (χ1) is 11.2. The Bertz CT molecular complexity index is 1040. The number of nitrogens with two attached hydrogens (primary N) is 1. The zero-order chi connectivity index (χ0) is 16.0. The van der Waals surface area contributed by atoms with E-state index in [0.717, 1.165) is 33.8 Å². The highest BCUT2D eigenvalue weighted by molar-refractivity contribution is 5.81. The van der Waals surface area contributed by atoms with Gasteiger partial charge >= 0.3 is 0 Å². The van der Waals surface area contributed by atoms with Crippen LogP contribution >= 0.6 is 0 Å². The van der Waals surface area contributed by atoms with Crippen molar-refractivity contribution < 1.29 is 4.74 Å². The van der Waals surface area contributed by atoms with Gasteiger partial charge in [0.15, 0.2) is 11.5 Å². The Balaban J connectivity index is 2.06. The summed E-state index contributed by atoms with van der Waals surface area (Å²) >= 11 is 0. The van der Waals surface area contributed by atoms with Gasteiger partial charge in [-0.05, 0) is 37.3 Å². The van der Waals surface area contributed by atoms with Crippen LogP contribution in [0.1, 0.15) is 5.69 Å². The fourth-order valence-corrected chi connectivity index (χ4v) is 2.79. The summed E-state index contributed by atoms with van der Waals surface area (Å²) in [6, 6.07) is 13.5. The number of anilines is 1. The minimum absolute atomic E-state index is 0.567. The second-order valence-electron chi connectivity index (χ2n) is 5.33. The Morgan fingerprint density at radius 3 is 2.70 bits per heavy atom. The van der Waals surface area contributed by atoms with Crippen LogP contribution in [0.5, 0.6) is 5.75 Å². The summed E-state index contributed by atoms with van der Waals surface area (Å²) in [5.41, 5.74) is 10.9. The van der Waals surface area contributed by atoms with E-state index in [4.69, 9.17) is 10.5 Å².